The lowest BCUT2D eigenvalue weighted by atomic mass is 10.1. The highest BCUT2D eigenvalue weighted by atomic mass is 35.5. The molecule has 2 rings (SSSR count). The van der Waals surface area contributed by atoms with Crippen LogP contribution < -0.4 is 5.32 Å². The van der Waals surface area contributed by atoms with E-state index < -0.39 is 16.5 Å². The molecule has 0 unspecified atom stereocenters. The number of rotatable bonds is 3. The fourth-order valence-electron chi connectivity index (χ4n) is 1.45. The minimum Gasteiger partial charge on any atom is -0.290 e. The van der Waals surface area contributed by atoms with Gasteiger partial charge in [0, 0.05) is 12.3 Å². The summed E-state index contributed by atoms with van der Waals surface area (Å²) in [5.74, 6) is -0.860. The molecule has 0 aliphatic carbocycles. The van der Waals surface area contributed by atoms with Gasteiger partial charge in [0.25, 0.3) is 11.6 Å². The molecule has 7 nitrogen and oxygen atoms in total. The molecule has 0 bridgehead atoms. The molecule has 1 amide bonds. The summed E-state index contributed by atoms with van der Waals surface area (Å²) in [6.45, 7) is 0. The van der Waals surface area contributed by atoms with E-state index in [9.17, 15) is 14.9 Å². The van der Waals surface area contributed by atoms with Crippen LogP contribution in [-0.4, -0.2) is 20.8 Å². The van der Waals surface area contributed by atoms with E-state index in [1.165, 1.54) is 30.5 Å². The number of nitro benzene ring substituents is 1. The Bertz CT molecular complexity index is 693. The summed E-state index contributed by atoms with van der Waals surface area (Å²) in [4.78, 5) is 29.8. The van der Waals surface area contributed by atoms with E-state index in [-0.39, 0.29) is 21.7 Å². The Labute approximate surface area is 122 Å². The Morgan fingerprint density at radius 2 is 2.05 bits per heavy atom. The number of carbonyl (C=O) groups excluding carboxylic acids is 1. The minimum atomic E-state index is -0.787. The van der Waals surface area contributed by atoms with Crippen molar-refractivity contribution in [2.24, 2.45) is 0 Å². The number of amides is 1. The highest BCUT2D eigenvalue weighted by Crippen LogP contribution is 2.26. The second kappa shape index (κ2) is 5.81. The molecule has 1 aromatic heterocycles. The van der Waals surface area contributed by atoms with Crippen LogP contribution in [0.3, 0.4) is 0 Å². The first kappa shape index (κ1) is 14.2. The van der Waals surface area contributed by atoms with Gasteiger partial charge in [-0.3, -0.25) is 20.2 Å². The zero-order chi connectivity index (χ0) is 14.7. The topological polar surface area (TPSA) is 98.0 Å². The third kappa shape index (κ3) is 3.01. The molecule has 0 saturated heterocycles. The quantitative estimate of drug-likeness (QED) is 0.533. The van der Waals surface area contributed by atoms with Crippen LogP contribution in [0.4, 0.5) is 11.6 Å². The lowest BCUT2D eigenvalue weighted by Crippen LogP contribution is -2.16. The number of nitro groups is 1. The van der Waals surface area contributed by atoms with E-state index in [1.54, 1.807) is 0 Å². The standard InChI is InChI=1S/C11H6Cl2N4O3/c12-6-2-1-3-7(17(19)20)9(6)10(18)16-11-14-5-4-8(13)15-11/h1-5H,(H,14,15,16,18). The van der Waals surface area contributed by atoms with Crippen LogP contribution in [0.2, 0.25) is 10.2 Å². The molecule has 0 fully saturated rings. The first-order valence-corrected chi connectivity index (χ1v) is 5.97. The van der Waals surface area contributed by atoms with Crippen molar-refractivity contribution in [3.63, 3.8) is 0 Å². The maximum atomic E-state index is 12.0. The molecule has 0 radical (unpaired) electrons. The van der Waals surface area contributed by atoms with Gasteiger partial charge in [-0.05, 0) is 12.1 Å². The maximum absolute atomic E-state index is 12.0. The molecular weight excluding hydrogens is 307 g/mol. The van der Waals surface area contributed by atoms with Crippen molar-refractivity contribution >= 4 is 40.7 Å². The van der Waals surface area contributed by atoms with Gasteiger partial charge in [-0.2, -0.15) is 0 Å². The maximum Gasteiger partial charge on any atom is 0.283 e. The molecule has 1 aromatic carbocycles. The Morgan fingerprint density at radius 1 is 1.30 bits per heavy atom. The number of nitrogens with zero attached hydrogens (tertiary/aromatic N) is 3. The van der Waals surface area contributed by atoms with Crippen molar-refractivity contribution in [3.8, 4) is 0 Å². The van der Waals surface area contributed by atoms with E-state index in [0.29, 0.717) is 0 Å². The zero-order valence-corrected chi connectivity index (χ0v) is 11.2. The van der Waals surface area contributed by atoms with Crippen molar-refractivity contribution in [2.45, 2.75) is 0 Å². The second-order valence-corrected chi connectivity index (χ2v) is 4.34. The fourth-order valence-corrected chi connectivity index (χ4v) is 1.84. The lowest BCUT2D eigenvalue weighted by Gasteiger charge is -2.06. The molecule has 1 N–H and O–H groups in total. The minimum absolute atomic E-state index is 0.0428. The van der Waals surface area contributed by atoms with Crippen LogP contribution >= 0.6 is 23.2 Å². The van der Waals surface area contributed by atoms with Gasteiger partial charge in [-0.1, -0.05) is 29.3 Å². The number of anilines is 1. The van der Waals surface area contributed by atoms with Crippen molar-refractivity contribution in [2.75, 3.05) is 5.32 Å². The number of benzene rings is 1. The van der Waals surface area contributed by atoms with Gasteiger partial charge < -0.3 is 0 Å². The van der Waals surface area contributed by atoms with Gasteiger partial charge in [0.2, 0.25) is 5.95 Å². The predicted molar refractivity (Wildman–Crippen MR) is 73.1 cm³/mol. The first-order chi connectivity index (χ1) is 9.49. The Morgan fingerprint density at radius 3 is 2.70 bits per heavy atom. The normalized spacial score (nSPS) is 10.1. The summed E-state index contributed by atoms with van der Waals surface area (Å²) >= 11 is 11.5. The second-order valence-electron chi connectivity index (χ2n) is 3.55. The highest BCUT2D eigenvalue weighted by Gasteiger charge is 2.23. The number of hydrogen-bond donors (Lipinski definition) is 1. The molecule has 0 aliphatic heterocycles. The van der Waals surface area contributed by atoms with Crippen LogP contribution in [-0.2, 0) is 0 Å². The number of halogens is 2. The van der Waals surface area contributed by atoms with Gasteiger partial charge >= 0.3 is 0 Å². The van der Waals surface area contributed by atoms with Gasteiger partial charge in [0.05, 0.1) is 9.95 Å². The summed E-state index contributed by atoms with van der Waals surface area (Å²) in [6, 6.07) is 5.37. The number of hydrogen-bond acceptors (Lipinski definition) is 5. The first-order valence-electron chi connectivity index (χ1n) is 5.22. The molecule has 9 heteroatoms. The van der Waals surface area contributed by atoms with E-state index in [4.69, 9.17) is 23.2 Å². The van der Waals surface area contributed by atoms with Crippen LogP contribution in [0.1, 0.15) is 10.4 Å². The lowest BCUT2D eigenvalue weighted by molar-refractivity contribution is -0.385. The van der Waals surface area contributed by atoms with Crippen LogP contribution in [0.15, 0.2) is 30.5 Å². The Kier molecular flexibility index (Phi) is 4.11. The average molecular weight is 313 g/mol. The smallest absolute Gasteiger partial charge is 0.283 e. The molecule has 102 valence electrons. The number of aromatic nitrogens is 2. The zero-order valence-electron chi connectivity index (χ0n) is 9.71. The highest BCUT2D eigenvalue weighted by molar-refractivity contribution is 6.35. The molecule has 2 aromatic rings. The summed E-state index contributed by atoms with van der Waals surface area (Å²) in [6.07, 6.45) is 1.34. The van der Waals surface area contributed by atoms with E-state index in [1.807, 2.05) is 0 Å². The van der Waals surface area contributed by atoms with E-state index in [0.717, 1.165) is 0 Å². The largest absolute Gasteiger partial charge is 0.290 e. The van der Waals surface area contributed by atoms with Crippen LogP contribution in [0.25, 0.3) is 0 Å². The van der Waals surface area contributed by atoms with Crippen molar-refractivity contribution in [3.05, 3.63) is 56.3 Å². The third-order valence-corrected chi connectivity index (χ3v) is 2.79. The van der Waals surface area contributed by atoms with Crippen LogP contribution in [0, 0.1) is 10.1 Å². The Hall–Kier alpha value is -2.25. The number of carbonyl (C=O) groups is 1. The number of nitrogens with one attached hydrogen (secondary N) is 1. The molecule has 20 heavy (non-hydrogen) atoms. The Balaban J connectivity index is 2.37. The SMILES string of the molecule is O=C(Nc1nccc(Cl)n1)c1c(Cl)cccc1[N+](=O)[O-]. The van der Waals surface area contributed by atoms with Crippen molar-refractivity contribution < 1.29 is 9.72 Å². The monoisotopic (exact) mass is 312 g/mol. The molecule has 0 aliphatic rings. The summed E-state index contributed by atoms with van der Waals surface area (Å²) < 4.78 is 0. The third-order valence-electron chi connectivity index (χ3n) is 2.26. The van der Waals surface area contributed by atoms with Gasteiger partial charge in [0.1, 0.15) is 10.7 Å². The van der Waals surface area contributed by atoms with Crippen molar-refractivity contribution in [1.29, 1.82) is 0 Å². The summed E-state index contributed by atoms with van der Waals surface area (Å²) in [5.41, 5.74) is -0.667. The molecular formula is C11H6Cl2N4O3. The van der Waals surface area contributed by atoms with Gasteiger partial charge in [0.15, 0.2) is 0 Å². The summed E-state index contributed by atoms with van der Waals surface area (Å²) in [5, 5.41) is 13.3. The van der Waals surface area contributed by atoms with Gasteiger partial charge in [-0.15, -0.1) is 0 Å². The predicted octanol–water partition coefficient (Wildman–Crippen LogP) is 2.94. The molecule has 1 heterocycles. The molecule has 0 atom stereocenters. The van der Waals surface area contributed by atoms with Gasteiger partial charge in [-0.25, -0.2) is 9.97 Å². The van der Waals surface area contributed by atoms with Crippen LogP contribution in [0.5, 0.6) is 0 Å². The fraction of sp³-hybridized carbons (Fsp3) is 0. The average Bonchev–Trinajstić information content (AvgIpc) is 2.38. The van der Waals surface area contributed by atoms with E-state index >= 15 is 0 Å². The van der Waals surface area contributed by atoms with E-state index in [2.05, 4.69) is 15.3 Å². The summed E-state index contributed by atoms with van der Waals surface area (Å²) in [7, 11) is 0. The van der Waals surface area contributed by atoms with Crippen molar-refractivity contribution in [1.82, 2.24) is 9.97 Å². The molecule has 0 spiro atoms. The molecule has 0 saturated carbocycles.